The molecule has 0 amide bonds. The van der Waals surface area contributed by atoms with E-state index in [1.807, 2.05) is 30.3 Å². The van der Waals surface area contributed by atoms with Gasteiger partial charge in [-0.2, -0.15) is 0 Å². The largest absolute Gasteiger partial charge is 0.492 e. The van der Waals surface area contributed by atoms with Crippen LogP contribution in [-0.2, 0) is 0 Å². The van der Waals surface area contributed by atoms with Crippen molar-refractivity contribution in [3.8, 4) is 5.75 Å². The van der Waals surface area contributed by atoms with Crippen molar-refractivity contribution in [1.82, 2.24) is 10.4 Å². The molecule has 5 heteroatoms. The first-order valence-corrected chi connectivity index (χ1v) is 7.33. The first-order valence-electron chi connectivity index (χ1n) is 6.54. The molecule has 0 spiro atoms. The Balaban J connectivity index is 2.27. The number of hydrogen-bond acceptors (Lipinski definition) is 4. The molecule has 0 aliphatic carbocycles. The monoisotopic (exact) mass is 335 g/mol. The molecule has 0 saturated heterocycles. The summed E-state index contributed by atoms with van der Waals surface area (Å²) in [5.41, 5.74) is 4.87. The minimum atomic E-state index is -0.120. The van der Waals surface area contributed by atoms with E-state index in [1.54, 1.807) is 12.4 Å². The number of halogens is 1. The summed E-state index contributed by atoms with van der Waals surface area (Å²) in [5.74, 6) is 6.47. The molecule has 106 valence electrons. The summed E-state index contributed by atoms with van der Waals surface area (Å²) in [7, 11) is 0. The second-order valence-corrected chi connectivity index (χ2v) is 5.37. The molecular formula is C15H18BrN3O. The van der Waals surface area contributed by atoms with Crippen LogP contribution in [-0.4, -0.2) is 11.6 Å². The van der Waals surface area contributed by atoms with Crippen molar-refractivity contribution in [2.24, 2.45) is 5.84 Å². The number of nitrogens with two attached hydrogens (primary N) is 1. The zero-order valence-electron chi connectivity index (χ0n) is 11.3. The standard InChI is InChI=1S/C15H18BrN3O/c1-2-6-20-14-8-12(9-18-10-14)15(19-17)11-4-3-5-13(16)7-11/h3-5,7-10,15,19H,2,6,17H2,1H3. The fourth-order valence-corrected chi connectivity index (χ4v) is 2.38. The smallest absolute Gasteiger partial charge is 0.137 e. The number of pyridine rings is 1. The third-order valence-electron chi connectivity index (χ3n) is 2.89. The van der Waals surface area contributed by atoms with Gasteiger partial charge in [-0.05, 0) is 35.7 Å². The number of aromatic nitrogens is 1. The molecule has 1 atom stereocenters. The van der Waals surface area contributed by atoms with Crippen LogP contribution in [0.5, 0.6) is 5.75 Å². The molecule has 0 aliphatic heterocycles. The highest BCUT2D eigenvalue weighted by molar-refractivity contribution is 9.10. The third-order valence-corrected chi connectivity index (χ3v) is 3.38. The predicted octanol–water partition coefficient (Wildman–Crippen LogP) is 3.19. The molecule has 0 aliphatic rings. The Hall–Kier alpha value is -1.43. The molecule has 1 aromatic carbocycles. The number of nitrogens with zero attached hydrogens (tertiary/aromatic N) is 1. The van der Waals surface area contributed by atoms with E-state index in [2.05, 4.69) is 33.3 Å². The maximum absolute atomic E-state index is 5.70. The van der Waals surface area contributed by atoms with Gasteiger partial charge in [0.1, 0.15) is 5.75 Å². The fourth-order valence-electron chi connectivity index (χ4n) is 1.96. The number of nitrogens with one attached hydrogen (secondary N) is 1. The predicted molar refractivity (Wildman–Crippen MR) is 83.3 cm³/mol. The van der Waals surface area contributed by atoms with Gasteiger partial charge in [0.2, 0.25) is 0 Å². The van der Waals surface area contributed by atoms with Crippen LogP contribution < -0.4 is 16.0 Å². The maximum Gasteiger partial charge on any atom is 0.137 e. The molecule has 0 radical (unpaired) electrons. The molecule has 2 aromatic rings. The highest BCUT2D eigenvalue weighted by Gasteiger charge is 2.13. The van der Waals surface area contributed by atoms with E-state index < -0.39 is 0 Å². The van der Waals surface area contributed by atoms with Crippen LogP contribution in [0.2, 0.25) is 0 Å². The number of benzene rings is 1. The first-order chi connectivity index (χ1) is 9.74. The van der Waals surface area contributed by atoms with Crippen LogP contribution in [0.25, 0.3) is 0 Å². The SMILES string of the molecule is CCCOc1cncc(C(NN)c2cccc(Br)c2)c1. The van der Waals surface area contributed by atoms with Crippen molar-refractivity contribution in [3.63, 3.8) is 0 Å². The van der Waals surface area contributed by atoms with Crippen LogP contribution in [0.15, 0.2) is 47.2 Å². The maximum atomic E-state index is 5.70. The summed E-state index contributed by atoms with van der Waals surface area (Å²) in [6.07, 6.45) is 4.48. The Morgan fingerprint density at radius 1 is 1.30 bits per heavy atom. The summed E-state index contributed by atoms with van der Waals surface area (Å²) in [4.78, 5) is 4.22. The van der Waals surface area contributed by atoms with E-state index in [0.717, 1.165) is 27.8 Å². The lowest BCUT2D eigenvalue weighted by Crippen LogP contribution is -2.29. The molecule has 0 fully saturated rings. The lowest BCUT2D eigenvalue weighted by atomic mass is 10.0. The first kappa shape index (κ1) is 15.0. The molecular weight excluding hydrogens is 318 g/mol. The highest BCUT2D eigenvalue weighted by atomic mass is 79.9. The van der Waals surface area contributed by atoms with Crippen molar-refractivity contribution in [3.05, 3.63) is 58.3 Å². The van der Waals surface area contributed by atoms with Crippen molar-refractivity contribution in [2.75, 3.05) is 6.61 Å². The minimum Gasteiger partial charge on any atom is -0.492 e. The topological polar surface area (TPSA) is 60.2 Å². The Labute approximate surface area is 127 Å². The van der Waals surface area contributed by atoms with Gasteiger partial charge in [0.15, 0.2) is 0 Å². The summed E-state index contributed by atoms with van der Waals surface area (Å²) in [6.45, 7) is 2.76. The molecule has 1 heterocycles. The van der Waals surface area contributed by atoms with E-state index in [-0.39, 0.29) is 6.04 Å². The Bertz CT molecular complexity index is 562. The Morgan fingerprint density at radius 2 is 2.15 bits per heavy atom. The van der Waals surface area contributed by atoms with E-state index in [9.17, 15) is 0 Å². The lowest BCUT2D eigenvalue weighted by molar-refractivity contribution is 0.315. The van der Waals surface area contributed by atoms with Gasteiger partial charge in [0, 0.05) is 10.7 Å². The van der Waals surface area contributed by atoms with Crippen molar-refractivity contribution in [1.29, 1.82) is 0 Å². The van der Waals surface area contributed by atoms with Gasteiger partial charge in [0.05, 0.1) is 18.8 Å². The van der Waals surface area contributed by atoms with Crippen molar-refractivity contribution in [2.45, 2.75) is 19.4 Å². The number of hydrazine groups is 1. The van der Waals surface area contributed by atoms with Crippen LogP contribution in [0.1, 0.15) is 30.5 Å². The number of ether oxygens (including phenoxy) is 1. The fraction of sp³-hybridized carbons (Fsp3) is 0.267. The molecule has 0 bridgehead atoms. The summed E-state index contributed by atoms with van der Waals surface area (Å²) < 4.78 is 6.63. The second kappa shape index (κ2) is 7.38. The van der Waals surface area contributed by atoms with E-state index in [1.165, 1.54) is 0 Å². The van der Waals surface area contributed by atoms with Gasteiger partial charge >= 0.3 is 0 Å². The quantitative estimate of drug-likeness (QED) is 0.628. The highest BCUT2D eigenvalue weighted by Crippen LogP contribution is 2.25. The minimum absolute atomic E-state index is 0.120. The average molecular weight is 336 g/mol. The van der Waals surface area contributed by atoms with Crippen molar-refractivity contribution < 1.29 is 4.74 Å². The molecule has 20 heavy (non-hydrogen) atoms. The van der Waals surface area contributed by atoms with Gasteiger partial charge < -0.3 is 4.74 Å². The summed E-state index contributed by atoms with van der Waals surface area (Å²) in [5, 5.41) is 0. The molecule has 3 N–H and O–H groups in total. The molecule has 4 nitrogen and oxygen atoms in total. The van der Waals surface area contributed by atoms with Gasteiger partial charge in [-0.15, -0.1) is 0 Å². The summed E-state index contributed by atoms with van der Waals surface area (Å²) in [6, 6.07) is 9.86. The second-order valence-electron chi connectivity index (χ2n) is 4.46. The van der Waals surface area contributed by atoms with Crippen molar-refractivity contribution >= 4 is 15.9 Å². The zero-order valence-corrected chi connectivity index (χ0v) is 12.9. The van der Waals surface area contributed by atoms with Gasteiger partial charge in [-0.1, -0.05) is 35.0 Å². The van der Waals surface area contributed by atoms with E-state index in [4.69, 9.17) is 10.6 Å². The zero-order chi connectivity index (χ0) is 14.4. The molecule has 1 unspecified atom stereocenters. The molecule has 1 aromatic heterocycles. The van der Waals surface area contributed by atoms with E-state index in [0.29, 0.717) is 6.61 Å². The lowest BCUT2D eigenvalue weighted by Gasteiger charge is -2.17. The summed E-state index contributed by atoms with van der Waals surface area (Å²) >= 11 is 3.47. The Morgan fingerprint density at radius 3 is 2.85 bits per heavy atom. The van der Waals surface area contributed by atoms with Crippen LogP contribution in [0, 0.1) is 0 Å². The third kappa shape index (κ3) is 3.79. The normalized spacial score (nSPS) is 12.2. The van der Waals surface area contributed by atoms with E-state index >= 15 is 0 Å². The average Bonchev–Trinajstić information content (AvgIpc) is 2.46. The van der Waals surface area contributed by atoms with Gasteiger partial charge in [-0.3, -0.25) is 10.8 Å². The Kier molecular flexibility index (Phi) is 5.52. The van der Waals surface area contributed by atoms with Gasteiger partial charge in [-0.25, -0.2) is 5.43 Å². The number of rotatable bonds is 6. The molecule has 0 saturated carbocycles. The van der Waals surface area contributed by atoms with Crippen LogP contribution in [0.4, 0.5) is 0 Å². The van der Waals surface area contributed by atoms with Crippen LogP contribution >= 0.6 is 15.9 Å². The molecule has 2 rings (SSSR count). The van der Waals surface area contributed by atoms with Gasteiger partial charge in [0.25, 0.3) is 0 Å². The number of hydrogen-bond donors (Lipinski definition) is 2. The van der Waals surface area contributed by atoms with Crippen LogP contribution in [0.3, 0.4) is 0 Å².